The molecule has 0 amide bonds. The van der Waals surface area contributed by atoms with Crippen molar-refractivity contribution in [3.05, 3.63) is 0 Å². The monoisotopic (exact) mass is 232 g/mol. The lowest BCUT2D eigenvalue weighted by atomic mass is 9.88. The van der Waals surface area contributed by atoms with Gasteiger partial charge < -0.3 is 0 Å². The van der Waals surface area contributed by atoms with Crippen LogP contribution in [0.5, 0.6) is 0 Å². The van der Waals surface area contributed by atoms with Gasteiger partial charge in [-0.2, -0.15) is 0 Å². The van der Waals surface area contributed by atoms with Gasteiger partial charge in [-0.3, -0.25) is 0 Å². The maximum atomic E-state index is 6.43. The molecule has 0 aromatic carbocycles. The number of hydrogen-bond acceptors (Lipinski definition) is 0. The van der Waals surface area contributed by atoms with Gasteiger partial charge in [-0.15, -0.1) is 11.6 Å². The topological polar surface area (TPSA) is 0 Å². The van der Waals surface area contributed by atoms with Crippen LogP contribution in [0.15, 0.2) is 0 Å². The minimum atomic E-state index is 0.0173. The molecular formula is C14H29Cl. The van der Waals surface area contributed by atoms with Crippen LogP contribution in [-0.4, -0.2) is 4.87 Å². The standard InChI is InChI=1S/C14H29Cl/c1-5-7-8-9-10-11-12-13(3)14(4,15)6-2/h13H,5-12H2,1-4H3. The molecule has 0 spiro atoms. The van der Waals surface area contributed by atoms with Gasteiger partial charge in [0.05, 0.1) is 0 Å². The maximum absolute atomic E-state index is 6.43. The van der Waals surface area contributed by atoms with E-state index in [2.05, 4.69) is 27.7 Å². The van der Waals surface area contributed by atoms with Crippen molar-refractivity contribution >= 4 is 11.6 Å². The SMILES string of the molecule is CCCCCCCCC(C)C(C)(Cl)CC. The van der Waals surface area contributed by atoms with Gasteiger partial charge in [-0.25, -0.2) is 0 Å². The molecular weight excluding hydrogens is 204 g/mol. The number of rotatable bonds is 9. The van der Waals surface area contributed by atoms with Crippen LogP contribution in [0.4, 0.5) is 0 Å². The Morgan fingerprint density at radius 2 is 1.53 bits per heavy atom. The Morgan fingerprint density at radius 1 is 1.00 bits per heavy atom. The van der Waals surface area contributed by atoms with Crippen molar-refractivity contribution in [3.63, 3.8) is 0 Å². The molecule has 0 nitrogen and oxygen atoms in total. The van der Waals surface area contributed by atoms with Crippen molar-refractivity contribution in [1.82, 2.24) is 0 Å². The molecule has 0 saturated heterocycles. The van der Waals surface area contributed by atoms with Crippen molar-refractivity contribution in [1.29, 1.82) is 0 Å². The van der Waals surface area contributed by atoms with Crippen LogP contribution in [0.1, 0.15) is 79.1 Å². The summed E-state index contributed by atoms with van der Waals surface area (Å²) in [6, 6.07) is 0. The third-order valence-electron chi connectivity index (χ3n) is 3.71. The van der Waals surface area contributed by atoms with E-state index in [1.54, 1.807) is 0 Å². The van der Waals surface area contributed by atoms with Crippen molar-refractivity contribution in [2.24, 2.45) is 5.92 Å². The Kier molecular flexibility index (Phi) is 8.61. The molecule has 0 heterocycles. The first-order valence-electron chi connectivity index (χ1n) is 6.73. The first-order chi connectivity index (χ1) is 7.04. The van der Waals surface area contributed by atoms with Crippen LogP contribution in [0.2, 0.25) is 0 Å². The fourth-order valence-corrected chi connectivity index (χ4v) is 1.99. The fraction of sp³-hybridized carbons (Fsp3) is 1.00. The average molecular weight is 233 g/mol. The summed E-state index contributed by atoms with van der Waals surface area (Å²) in [5, 5.41) is 0. The molecule has 0 aliphatic heterocycles. The van der Waals surface area contributed by atoms with E-state index in [1.165, 1.54) is 44.9 Å². The highest BCUT2D eigenvalue weighted by Gasteiger charge is 2.25. The van der Waals surface area contributed by atoms with Crippen LogP contribution in [0, 0.1) is 5.92 Å². The summed E-state index contributed by atoms with van der Waals surface area (Å²) in [5.41, 5.74) is 0. The van der Waals surface area contributed by atoms with E-state index in [1.807, 2.05) is 0 Å². The van der Waals surface area contributed by atoms with E-state index in [4.69, 9.17) is 11.6 Å². The minimum absolute atomic E-state index is 0.0173. The molecule has 0 rings (SSSR count). The molecule has 0 bridgehead atoms. The molecule has 1 heteroatoms. The van der Waals surface area contributed by atoms with Crippen LogP contribution in [0.25, 0.3) is 0 Å². The van der Waals surface area contributed by atoms with E-state index in [0.29, 0.717) is 5.92 Å². The third-order valence-corrected chi connectivity index (χ3v) is 4.35. The summed E-state index contributed by atoms with van der Waals surface area (Å²) in [4.78, 5) is 0.0173. The number of alkyl halides is 1. The molecule has 0 radical (unpaired) electrons. The highest BCUT2D eigenvalue weighted by atomic mass is 35.5. The van der Waals surface area contributed by atoms with Gasteiger partial charge in [0, 0.05) is 4.87 Å². The van der Waals surface area contributed by atoms with E-state index in [0.717, 1.165) is 6.42 Å². The Labute approximate surface area is 102 Å². The summed E-state index contributed by atoms with van der Waals surface area (Å²) in [6.07, 6.45) is 10.7. The van der Waals surface area contributed by atoms with Gasteiger partial charge in [0.25, 0.3) is 0 Å². The molecule has 15 heavy (non-hydrogen) atoms. The van der Waals surface area contributed by atoms with Gasteiger partial charge in [0.15, 0.2) is 0 Å². The zero-order chi connectivity index (χ0) is 11.7. The predicted molar refractivity (Wildman–Crippen MR) is 71.7 cm³/mol. The molecule has 0 N–H and O–H groups in total. The summed E-state index contributed by atoms with van der Waals surface area (Å²) in [5.74, 6) is 0.648. The zero-order valence-corrected chi connectivity index (χ0v) is 11.9. The predicted octanol–water partition coefficient (Wildman–Crippen LogP) is 5.78. The summed E-state index contributed by atoms with van der Waals surface area (Å²) >= 11 is 6.43. The second-order valence-electron chi connectivity index (χ2n) is 5.09. The minimum Gasteiger partial charge on any atom is -0.119 e. The molecule has 2 atom stereocenters. The van der Waals surface area contributed by atoms with E-state index >= 15 is 0 Å². The van der Waals surface area contributed by atoms with Crippen LogP contribution < -0.4 is 0 Å². The molecule has 0 aliphatic carbocycles. The smallest absolute Gasteiger partial charge is 0.0441 e. The number of hydrogen-bond donors (Lipinski definition) is 0. The van der Waals surface area contributed by atoms with Gasteiger partial charge in [-0.1, -0.05) is 59.3 Å². The van der Waals surface area contributed by atoms with Crippen LogP contribution in [-0.2, 0) is 0 Å². The van der Waals surface area contributed by atoms with Crippen LogP contribution >= 0.6 is 11.6 Å². The van der Waals surface area contributed by atoms with Gasteiger partial charge in [0.2, 0.25) is 0 Å². The summed E-state index contributed by atoms with van der Waals surface area (Å²) in [6.45, 7) is 8.92. The Morgan fingerprint density at radius 3 is 2.07 bits per heavy atom. The Balaban J connectivity index is 3.43. The van der Waals surface area contributed by atoms with E-state index in [-0.39, 0.29) is 4.87 Å². The number of unbranched alkanes of at least 4 members (excludes halogenated alkanes) is 5. The quantitative estimate of drug-likeness (QED) is 0.349. The zero-order valence-electron chi connectivity index (χ0n) is 11.1. The van der Waals surface area contributed by atoms with Crippen molar-refractivity contribution in [2.45, 2.75) is 83.9 Å². The Hall–Kier alpha value is 0.290. The number of halogens is 1. The molecule has 0 fully saturated rings. The molecule has 0 aliphatic rings. The summed E-state index contributed by atoms with van der Waals surface area (Å²) in [7, 11) is 0. The lowest BCUT2D eigenvalue weighted by Gasteiger charge is -2.28. The van der Waals surface area contributed by atoms with Gasteiger partial charge in [-0.05, 0) is 25.7 Å². The van der Waals surface area contributed by atoms with E-state index < -0.39 is 0 Å². The average Bonchev–Trinajstić information content (AvgIpc) is 2.22. The second-order valence-corrected chi connectivity index (χ2v) is 5.95. The molecule has 0 aromatic heterocycles. The van der Waals surface area contributed by atoms with E-state index in [9.17, 15) is 0 Å². The first kappa shape index (κ1) is 15.3. The highest BCUT2D eigenvalue weighted by molar-refractivity contribution is 6.23. The molecule has 92 valence electrons. The van der Waals surface area contributed by atoms with Gasteiger partial charge in [0.1, 0.15) is 0 Å². The van der Waals surface area contributed by atoms with Crippen molar-refractivity contribution in [2.75, 3.05) is 0 Å². The van der Waals surface area contributed by atoms with Gasteiger partial charge >= 0.3 is 0 Å². The lowest BCUT2D eigenvalue weighted by Crippen LogP contribution is -2.25. The molecule has 0 saturated carbocycles. The normalized spacial score (nSPS) is 17.4. The molecule has 0 aromatic rings. The highest BCUT2D eigenvalue weighted by Crippen LogP contribution is 2.32. The lowest BCUT2D eigenvalue weighted by molar-refractivity contribution is 0.371. The fourth-order valence-electron chi connectivity index (χ4n) is 1.88. The van der Waals surface area contributed by atoms with Crippen LogP contribution in [0.3, 0.4) is 0 Å². The molecule has 2 unspecified atom stereocenters. The second kappa shape index (κ2) is 8.44. The maximum Gasteiger partial charge on any atom is 0.0441 e. The third kappa shape index (κ3) is 7.22. The Bertz CT molecular complexity index is 140. The summed E-state index contributed by atoms with van der Waals surface area (Å²) < 4.78 is 0. The van der Waals surface area contributed by atoms with Crippen molar-refractivity contribution in [3.8, 4) is 0 Å². The first-order valence-corrected chi connectivity index (χ1v) is 7.11. The van der Waals surface area contributed by atoms with Crippen molar-refractivity contribution < 1.29 is 0 Å². The largest absolute Gasteiger partial charge is 0.119 e.